The van der Waals surface area contributed by atoms with E-state index in [0.717, 1.165) is 0 Å². The third-order valence-electron chi connectivity index (χ3n) is 4.81. The highest BCUT2D eigenvalue weighted by Gasteiger charge is 2.33. The van der Waals surface area contributed by atoms with Gasteiger partial charge in [-0.15, -0.1) is 0 Å². The SMILES string of the molecule is CCC(C)C(NC(=O)C(NC(=O)C(N)CCSC)C(C)C)C(=O)NC(CO)C(=O)O. The summed E-state index contributed by atoms with van der Waals surface area (Å²) in [7, 11) is 0. The van der Waals surface area contributed by atoms with Gasteiger partial charge >= 0.3 is 5.97 Å². The number of hydrogen-bond donors (Lipinski definition) is 6. The van der Waals surface area contributed by atoms with Crippen molar-refractivity contribution in [3.8, 4) is 0 Å². The van der Waals surface area contributed by atoms with Gasteiger partial charge < -0.3 is 31.9 Å². The van der Waals surface area contributed by atoms with Crippen molar-refractivity contribution in [2.75, 3.05) is 18.6 Å². The summed E-state index contributed by atoms with van der Waals surface area (Å²) in [5, 5.41) is 25.7. The molecule has 3 amide bonds. The number of rotatable bonds is 14. The molecule has 0 saturated heterocycles. The van der Waals surface area contributed by atoms with E-state index in [1.54, 1.807) is 32.5 Å². The molecule has 0 heterocycles. The van der Waals surface area contributed by atoms with Gasteiger partial charge in [0.25, 0.3) is 0 Å². The summed E-state index contributed by atoms with van der Waals surface area (Å²) >= 11 is 1.56. The molecule has 174 valence electrons. The van der Waals surface area contributed by atoms with Crippen molar-refractivity contribution in [1.82, 2.24) is 16.0 Å². The van der Waals surface area contributed by atoms with Crippen LogP contribution < -0.4 is 21.7 Å². The lowest BCUT2D eigenvalue weighted by atomic mass is 9.96. The molecule has 0 rings (SSSR count). The lowest BCUT2D eigenvalue weighted by Crippen LogP contribution is -2.60. The third-order valence-corrected chi connectivity index (χ3v) is 5.45. The average Bonchev–Trinajstić information content (AvgIpc) is 2.70. The molecule has 0 aliphatic rings. The van der Waals surface area contributed by atoms with Gasteiger partial charge in [0.15, 0.2) is 0 Å². The maximum Gasteiger partial charge on any atom is 0.328 e. The number of carboxylic acids is 1. The standard InChI is InChI=1S/C19H36N4O6S/c1-6-11(4)15(18(27)21-13(9-24)19(28)29)23-17(26)14(10(2)3)22-16(25)12(20)7-8-30-5/h10-15,24H,6-9,20H2,1-5H3,(H,21,27)(H,22,25)(H,23,26)(H,28,29). The van der Waals surface area contributed by atoms with Crippen molar-refractivity contribution < 1.29 is 29.4 Å². The van der Waals surface area contributed by atoms with Crippen LogP contribution in [0.4, 0.5) is 0 Å². The van der Waals surface area contributed by atoms with Crippen LogP contribution in [0.2, 0.25) is 0 Å². The van der Waals surface area contributed by atoms with Crippen LogP contribution in [0.15, 0.2) is 0 Å². The van der Waals surface area contributed by atoms with Gasteiger partial charge in [0.1, 0.15) is 18.1 Å². The monoisotopic (exact) mass is 448 g/mol. The van der Waals surface area contributed by atoms with Gasteiger partial charge in [-0.05, 0) is 30.3 Å². The summed E-state index contributed by atoms with van der Waals surface area (Å²) in [4.78, 5) is 48.9. The first-order chi connectivity index (χ1) is 14.0. The van der Waals surface area contributed by atoms with Crippen molar-refractivity contribution >= 4 is 35.5 Å². The van der Waals surface area contributed by atoms with Gasteiger partial charge in [-0.3, -0.25) is 14.4 Å². The second kappa shape index (κ2) is 14.2. The molecule has 11 heteroatoms. The molecule has 0 bridgehead atoms. The predicted octanol–water partition coefficient (Wildman–Crippen LogP) is -0.700. The Balaban J connectivity index is 5.34. The van der Waals surface area contributed by atoms with Crippen molar-refractivity contribution in [1.29, 1.82) is 0 Å². The predicted molar refractivity (Wildman–Crippen MR) is 116 cm³/mol. The summed E-state index contributed by atoms with van der Waals surface area (Å²) in [6.07, 6.45) is 2.91. The molecule has 0 aliphatic carbocycles. The van der Waals surface area contributed by atoms with Crippen molar-refractivity contribution in [3.63, 3.8) is 0 Å². The van der Waals surface area contributed by atoms with Gasteiger partial charge in [0.2, 0.25) is 17.7 Å². The number of nitrogens with one attached hydrogen (secondary N) is 3. The fraction of sp³-hybridized carbons (Fsp3) is 0.789. The van der Waals surface area contributed by atoms with Crippen LogP contribution in [0.5, 0.6) is 0 Å². The number of amides is 3. The van der Waals surface area contributed by atoms with E-state index in [2.05, 4.69) is 16.0 Å². The highest BCUT2D eigenvalue weighted by atomic mass is 32.2. The molecule has 10 nitrogen and oxygen atoms in total. The Morgan fingerprint density at radius 1 is 0.967 bits per heavy atom. The van der Waals surface area contributed by atoms with E-state index in [1.807, 2.05) is 13.2 Å². The average molecular weight is 449 g/mol. The van der Waals surface area contributed by atoms with E-state index >= 15 is 0 Å². The molecule has 0 saturated carbocycles. The van der Waals surface area contributed by atoms with Crippen molar-refractivity contribution in [2.24, 2.45) is 17.6 Å². The van der Waals surface area contributed by atoms with Crippen molar-refractivity contribution in [2.45, 2.75) is 64.7 Å². The van der Waals surface area contributed by atoms with E-state index in [9.17, 15) is 19.2 Å². The number of hydrogen-bond acceptors (Lipinski definition) is 7. The number of carbonyl (C=O) groups excluding carboxylic acids is 3. The second-order valence-corrected chi connectivity index (χ2v) is 8.56. The van der Waals surface area contributed by atoms with Gasteiger partial charge in [0, 0.05) is 0 Å². The van der Waals surface area contributed by atoms with Crippen LogP contribution in [0.1, 0.15) is 40.5 Å². The summed E-state index contributed by atoms with van der Waals surface area (Å²) in [6, 6.07) is -4.17. The Morgan fingerprint density at radius 2 is 1.50 bits per heavy atom. The largest absolute Gasteiger partial charge is 0.480 e. The van der Waals surface area contributed by atoms with Crippen LogP contribution in [-0.2, 0) is 19.2 Å². The first-order valence-electron chi connectivity index (χ1n) is 9.99. The van der Waals surface area contributed by atoms with Crippen LogP contribution in [0.3, 0.4) is 0 Å². The van der Waals surface area contributed by atoms with E-state index in [-0.39, 0.29) is 11.8 Å². The number of aliphatic hydroxyl groups excluding tert-OH is 1. The number of nitrogens with two attached hydrogens (primary N) is 1. The summed E-state index contributed by atoms with van der Waals surface area (Å²) < 4.78 is 0. The number of thioether (sulfide) groups is 1. The maximum atomic E-state index is 12.9. The summed E-state index contributed by atoms with van der Waals surface area (Å²) in [5.74, 6) is -2.99. The minimum absolute atomic E-state index is 0.272. The number of aliphatic hydroxyl groups is 1. The zero-order chi connectivity index (χ0) is 23.4. The molecular weight excluding hydrogens is 412 g/mol. The lowest BCUT2D eigenvalue weighted by molar-refractivity contribution is -0.143. The van der Waals surface area contributed by atoms with Gasteiger partial charge in [0.05, 0.1) is 12.6 Å². The molecule has 5 unspecified atom stereocenters. The van der Waals surface area contributed by atoms with Gasteiger partial charge in [-0.1, -0.05) is 34.1 Å². The number of aliphatic carboxylic acids is 1. The molecule has 0 fully saturated rings. The van der Waals surface area contributed by atoms with E-state index in [0.29, 0.717) is 18.6 Å². The molecule has 0 aromatic carbocycles. The molecular formula is C19H36N4O6S. The first-order valence-corrected chi connectivity index (χ1v) is 11.4. The Hall–Kier alpha value is -1.85. The minimum Gasteiger partial charge on any atom is -0.480 e. The fourth-order valence-electron chi connectivity index (χ4n) is 2.56. The van der Waals surface area contributed by atoms with Crippen LogP contribution in [0, 0.1) is 11.8 Å². The molecule has 5 atom stereocenters. The smallest absolute Gasteiger partial charge is 0.328 e. The van der Waals surface area contributed by atoms with Crippen molar-refractivity contribution in [3.05, 3.63) is 0 Å². The fourth-order valence-corrected chi connectivity index (χ4v) is 3.05. The Labute approximate surface area is 182 Å². The van der Waals surface area contributed by atoms with Gasteiger partial charge in [-0.25, -0.2) is 4.79 Å². The highest BCUT2D eigenvalue weighted by molar-refractivity contribution is 7.98. The highest BCUT2D eigenvalue weighted by Crippen LogP contribution is 2.11. The topological polar surface area (TPSA) is 171 Å². The Kier molecular flexibility index (Phi) is 13.3. The number of carboxylic acid groups (broad SMARTS) is 1. The second-order valence-electron chi connectivity index (χ2n) is 7.57. The minimum atomic E-state index is -1.48. The normalized spacial score (nSPS) is 16.1. The van der Waals surface area contributed by atoms with E-state index in [4.69, 9.17) is 15.9 Å². The quantitative estimate of drug-likeness (QED) is 0.202. The van der Waals surface area contributed by atoms with Crippen LogP contribution in [0.25, 0.3) is 0 Å². The molecule has 0 aromatic heterocycles. The molecule has 0 aliphatic heterocycles. The molecule has 0 spiro atoms. The number of carbonyl (C=O) groups is 4. The zero-order valence-corrected chi connectivity index (χ0v) is 19.1. The molecule has 0 aromatic rings. The van der Waals surface area contributed by atoms with E-state index < -0.39 is 54.5 Å². The summed E-state index contributed by atoms with van der Waals surface area (Å²) in [5.41, 5.74) is 5.87. The van der Waals surface area contributed by atoms with Gasteiger partial charge in [-0.2, -0.15) is 11.8 Å². The Bertz CT molecular complexity index is 589. The maximum absolute atomic E-state index is 12.9. The lowest BCUT2D eigenvalue weighted by Gasteiger charge is -2.29. The Morgan fingerprint density at radius 3 is 1.93 bits per heavy atom. The molecule has 30 heavy (non-hydrogen) atoms. The molecule has 0 radical (unpaired) electrons. The van der Waals surface area contributed by atoms with Crippen LogP contribution >= 0.6 is 11.8 Å². The third kappa shape index (κ3) is 9.31. The van der Waals surface area contributed by atoms with E-state index in [1.165, 1.54) is 0 Å². The first kappa shape index (κ1) is 28.1. The zero-order valence-electron chi connectivity index (χ0n) is 18.3. The molecule has 7 N–H and O–H groups in total. The van der Waals surface area contributed by atoms with Crippen LogP contribution in [-0.4, -0.2) is 76.7 Å². The summed E-state index contributed by atoms with van der Waals surface area (Å²) in [6.45, 7) is 6.29.